The number of alkyl halides is 3. The zero-order chi connectivity index (χ0) is 26.3. The summed E-state index contributed by atoms with van der Waals surface area (Å²) in [4.78, 5) is 27.1. The summed E-state index contributed by atoms with van der Waals surface area (Å²) in [6.07, 6.45) is 0.323. The van der Waals surface area contributed by atoms with Crippen LogP contribution in [0, 0.1) is 5.92 Å². The number of amides is 1. The summed E-state index contributed by atoms with van der Waals surface area (Å²) < 4.78 is 40.3. The number of piperidine rings is 1. The van der Waals surface area contributed by atoms with Gasteiger partial charge in [0.05, 0.1) is 29.1 Å². The summed E-state index contributed by atoms with van der Waals surface area (Å²) in [5.41, 5.74) is 2.17. The predicted molar refractivity (Wildman–Crippen MR) is 137 cm³/mol. The second kappa shape index (κ2) is 9.47. The van der Waals surface area contributed by atoms with Crippen LogP contribution >= 0.6 is 0 Å². The van der Waals surface area contributed by atoms with E-state index in [2.05, 4.69) is 30.3 Å². The Hall–Kier alpha value is -4.41. The number of carbonyl (C=O) groups excluding carboxylic acids is 1. The van der Waals surface area contributed by atoms with Crippen molar-refractivity contribution in [3.05, 3.63) is 78.4 Å². The van der Waals surface area contributed by atoms with Gasteiger partial charge in [0, 0.05) is 30.5 Å². The van der Waals surface area contributed by atoms with Crippen molar-refractivity contribution in [3.8, 4) is 5.69 Å². The van der Waals surface area contributed by atoms with Gasteiger partial charge in [0.1, 0.15) is 12.1 Å². The number of H-pyrrole nitrogens is 1. The highest BCUT2D eigenvalue weighted by atomic mass is 19.4. The molecule has 2 N–H and O–H groups in total. The lowest BCUT2D eigenvalue weighted by Crippen LogP contribution is -2.43. The molecule has 0 aliphatic carbocycles. The molecule has 4 heterocycles. The molecule has 1 atom stereocenters. The van der Waals surface area contributed by atoms with Crippen molar-refractivity contribution in [3.63, 3.8) is 0 Å². The third-order valence-electron chi connectivity index (χ3n) is 6.89. The Morgan fingerprint density at radius 1 is 1.11 bits per heavy atom. The van der Waals surface area contributed by atoms with Crippen LogP contribution in [0.2, 0.25) is 0 Å². The Labute approximate surface area is 215 Å². The van der Waals surface area contributed by atoms with Crippen LogP contribution < -0.4 is 10.2 Å². The molecular weight excluding hydrogens is 495 g/mol. The molecule has 0 radical (unpaired) electrons. The van der Waals surface area contributed by atoms with Crippen molar-refractivity contribution in [2.45, 2.75) is 25.6 Å². The lowest BCUT2D eigenvalue weighted by atomic mass is 9.97. The smallest absolute Gasteiger partial charge is 0.357 e. The number of benzene rings is 2. The first kappa shape index (κ1) is 24.0. The molecule has 1 saturated heterocycles. The van der Waals surface area contributed by atoms with E-state index in [0.717, 1.165) is 48.1 Å². The van der Waals surface area contributed by atoms with Crippen molar-refractivity contribution in [2.24, 2.45) is 5.92 Å². The summed E-state index contributed by atoms with van der Waals surface area (Å²) in [6.45, 7) is 1.64. The van der Waals surface area contributed by atoms with E-state index in [-0.39, 0.29) is 11.8 Å². The van der Waals surface area contributed by atoms with Crippen LogP contribution in [-0.4, -0.2) is 43.7 Å². The Morgan fingerprint density at radius 2 is 1.92 bits per heavy atom. The highest BCUT2D eigenvalue weighted by Crippen LogP contribution is 2.31. The van der Waals surface area contributed by atoms with Crippen molar-refractivity contribution < 1.29 is 18.0 Å². The van der Waals surface area contributed by atoms with Gasteiger partial charge in [-0.25, -0.2) is 14.6 Å². The van der Waals surface area contributed by atoms with Crippen molar-refractivity contribution in [2.75, 3.05) is 18.0 Å². The molecular formula is C27H24F3N7O. The first-order valence-corrected chi connectivity index (χ1v) is 12.3. The van der Waals surface area contributed by atoms with Crippen LogP contribution in [-0.2, 0) is 17.5 Å². The summed E-state index contributed by atoms with van der Waals surface area (Å²) in [5.74, 6) is 0.434. The van der Waals surface area contributed by atoms with E-state index in [4.69, 9.17) is 0 Å². The lowest BCUT2D eigenvalue weighted by molar-refractivity contribution is -0.137. The van der Waals surface area contributed by atoms with Gasteiger partial charge in [-0.15, -0.1) is 5.10 Å². The number of aromatic amines is 1. The minimum atomic E-state index is -4.40. The average molecular weight is 520 g/mol. The minimum Gasteiger partial charge on any atom is -0.357 e. The topological polar surface area (TPSA) is 91.7 Å². The fourth-order valence-corrected chi connectivity index (χ4v) is 4.95. The van der Waals surface area contributed by atoms with Gasteiger partial charge in [0.15, 0.2) is 5.65 Å². The van der Waals surface area contributed by atoms with E-state index in [0.29, 0.717) is 35.6 Å². The molecule has 1 aliphatic rings. The third-order valence-corrected chi connectivity index (χ3v) is 6.89. The second-order valence-electron chi connectivity index (χ2n) is 9.44. The van der Waals surface area contributed by atoms with Gasteiger partial charge in [-0.2, -0.15) is 13.2 Å². The summed E-state index contributed by atoms with van der Waals surface area (Å²) in [5, 5.41) is 9.27. The molecule has 1 amide bonds. The molecule has 8 nitrogen and oxygen atoms in total. The highest BCUT2D eigenvalue weighted by Gasteiger charge is 2.30. The molecule has 1 unspecified atom stereocenters. The summed E-state index contributed by atoms with van der Waals surface area (Å²) in [7, 11) is 0. The zero-order valence-electron chi connectivity index (χ0n) is 20.2. The number of para-hydroxylation sites is 1. The number of carbonyl (C=O) groups is 1. The minimum absolute atomic E-state index is 0.0147. The molecule has 38 heavy (non-hydrogen) atoms. The van der Waals surface area contributed by atoms with Gasteiger partial charge in [0.25, 0.3) is 0 Å². The van der Waals surface area contributed by atoms with Gasteiger partial charge in [-0.3, -0.25) is 4.79 Å². The van der Waals surface area contributed by atoms with Crippen LogP contribution in [0.25, 0.3) is 27.6 Å². The number of fused-ring (bicyclic) bond motifs is 2. The van der Waals surface area contributed by atoms with Gasteiger partial charge in [0.2, 0.25) is 5.91 Å². The number of nitrogens with zero attached hydrogens (tertiary/aromatic N) is 5. The number of anilines is 1. The average Bonchev–Trinajstić information content (AvgIpc) is 3.55. The Bertz CT molecular complexity index is 1570. The number of hydrogen-bond donors (Lipinski definition) is 2. The second-order valence-corrected chi connectivity index (χ2v) is 9.44. The van der Waals surface area contributed by atoms with Crippen molar-refractivity contribution in [1.82, 2.24) is 30.0 Å². The van der Waals surface area contributed by atoms with E-state index >= 15 is 0 Å². The first-order valence-electron chi connectivity index (χ1n) is 12.3. The number of rotatable bonds is 5. The molecule has 194 valence electrons. The molecule has 2 aromatic carbocycles. The number of aromatic nitrogens is 5. The molecule has 1 fully saturated rings. The monoisotopic (exact) mass is 519 g/mol. The number of nitrogens with one attached hydrogen (secondary N) is 2. The normalized spacial score (nSPS) is 16.3. The lowest BCUT2D eigenvalue weighted by Gasteiger charge is -2.33. The van der Waals surface area contributed by atoms with E-state index in [9.17, 15) is 18.0 Å². The quantitative estimate of drug-likeness (QED) is 0.347. The van der Waals surface area contributed by atoms with E-state index in [1.54, 1.807) is 6.20 Å². The van der Waals surface area contributed by atoms with E-state index in [1.165, 1.54) is 23.1 Å². The van der Waals surface area contributed by atoms with E-state index < -0.39 is 11.7 Å². The number of hydrogen-bond acceptors (Lipinski definition) is 5. The first-order chi connectivity index (χ1) is 18.3. The standard InChI is InChI=1S/C27H24F3N7O/c28-27(29,30)19-7-9-21(10-8-19)37-15-22-24(35-37)32-16-33-25(22)36-11-3-5-18(14-36)26(38)31-13-20-12-17-4-1-2-6-23(17)34-20/h1-2,4,6-10,12,15-16,18,34H,3,5,11,13-14H2,(H,31,38). The molecule has 0 saturated carbocycles. The predicted octanol–water partition coefficient (Wildman–Crippen LogP) is 4.85. The van der Waals surface area contributed by atoms with Gasteiger partial charge >= 0.3 is 6.18 Å². The van der Waals surface area contributed by atoms with Crippen LogP contribution in [0.1, 0.15) is 24.1 Å². The van der Waals surface area contributed by atoms with Crippen LogP contribution in [0.5, 0.6) is 0 Å². The maximum atomic E-state index is 13.0. The highest BCUT2D eigenvalue weighted by molar-refractivity contribution is 5.87. The molecule has 0 spiro atoms. The Kier molecular flexibility index (Phi) is 5.97. The van der Waals surface area contributed by atoms with Gasteiger partial charge in [-0.1, -0.05) is 18.2 Å². The van der Waals surface area contributed by atoms with Gasteiger partial charge in [-0.05, 0) is 54.6 Å². The molecule has 6 rings (SSSR count). The van der Waals surface area contributed by atoms with Crippen LogP contribution in [0.4, 0.5) is 19.0 Å². The maximum absolute atomic E-state index is 13.0. The van der Waals surface area contributed by atoms with E-state index in [1.807, 2.05) is 30.3 Å². The molecule has 1 aliphatic heterocycles. The SMILES string of the molecule is O=C(NCc1cc2ccccc2[nH]1)C1CCCN(c2ncnc3nn(-c4ccc(C(F)(F)F)cc4)cc23)C1. The van der Waals surface area contributed by atoms with Crippen LogP contribution in [0.3, 0.4) is 0 Å². The van der Waals surface area contributed by atoms with Gasteiger partial charge < -0.3 is 15.2 Å². The maximum Gasteiger partial charge on any atom is 0.416 e. The molecule has 0 bridgehead atoms. The van der Waals surface area contributed by atoms with Crippen molar-refractivity contribution in [1.29, 1.82) is 0 Å². The van der Waals surface area contributed by atoms with Crippen molar-refractivity contribution >= 4 is 33.7 Å². The molecule has 11 heteroatoms. The van der Waals surface area contributed by atoms with Crippen LogP contribution in [0.15, 0.2) is 67.1 Å². The largest absolute Gasteiger partial charge is 0.416 e. The molecule has 5 aromatic rings. The number of halogens is 3. The molecule has 3 aromatic heterocycles. The summed E-state index contributed by atoms with van der Waals surface area (Å²) >= 11 is 0. The Balaban J connectivity index is 1.17. The third kappa shape index (κ3) is 4.67. The fourth-order valence-electron chi connectivity index (χ4n) is 4.95. The Morgan fingerprint density at radius 3 is 2.71 bits per heavy atom. The fraction of sp³-hybridized carbons (Fsp3) is 0.259. The summed E-state index contributed by atoms with van der Waals surface area (Å²) in [6, 6.07) is 14.8. The zero-order valence-corrected chi connectivity index (χ0v) is 20.2.